The van der Waals surface area contributed by atoms with Gasteiger partial charge in [0.05, 0.1) is 10.6 Å². The molecule has 0 aromatic heterocycles. The van der Waals surface area contributed by atoms with Gasteiger partial charge in [0.15, 0.2) is 0 Å². The molecule has 0 aliphatic rings. The summed E-state index contributed by atoms with van der Waals surface area (Å²) in [5.74, 6) is -1.16. The van der Waals surface area contributed by atoms with Crippen LogP contribution in [0.2, 0.25) is 0 Å². The SMILES string of the molecule is NCc1ccc(F)cc1S(=O)(=O)Nc1ccc(F)cc1I. The first-order chi connectivity index (χ1) is 9.83. The Morgan fingerprint density at radius 3 is 2.33 bits per heavy atom. The highest BCUT2D eigenvalue weighted by Gasteiger charge is 2.20. The third-order valence-electron chi connectivity index (χ3n) is 2.71. The fourth-order valence-electron chi connectivity index (χ4n) is 1.72. The van der Waals surface area contributed by atoms with E-state index in [9.17, 15) is 17.2 Å². The number of rotatable bonds is 4. The lowest BCUT2D eigenvalue weighted by molar-refractivity contribution is 0.593. The maximum absolute atomic E-state index is 13.3. The molecule has 0 radical (unpaired) electrons. The van der Waals surface area contributed by atoms with Crippen molar-refractivity contribution in [3.05, 3.63) is 57.2 Å². The second-order valence-electron chi connectivity index (χ2n) is 4.19. The molecule has 2 aromatic carbocycles. The van der Waals surface area contributed by atoms with Crippen molar-refractivity contribution in [3.8, 4) is 0 Å². The zero-order valence-electron chi connectivity index (χ0n) is 10.6. The van der Waals surface area contributed by atoms with Crippen molar-refractivity contribution < 1.29 is 17.2 Å². The summed E-state index contributed by atoms with van der Waals surface area (Å²) in [7, 11) is -4.01. The summed E-state index contributed by atoms with van der Waals surface area (Å²) < 4.78 is 53.7. The molecule has 0 unspecified atom stereocenters. The molecule has 0 spiro atoms. The summed E-state index contributed by atoms with van der Waals surface area (Å²) >= 11 is 1.80. The molecule has 0 bridgehead atoms. The van der Waals surface area contributed by atoms with Crippen molar-refractivity contribution in [1.29, 1.82) is 0 Å². The summed E-state index contributed by atoms with van der Waals surface area (Å²) in [6, 6.07) is 6.99. The molecular formula is C13H11F2IN2O2S. The van der Waals surface area contributed by atoms with Crippen LogP contribution in [0, 0.1) is 15.2 Å². The van der Waals surface area contributed by atoms with Crippen molar-refractivity contribution in [3.63, 3.8) is 0 Å². The average Bonchev–Trinajstić information content (AvgIpc) is 2.42. The van der Waals surface area contributed by atoms with Gasteiger partial charge in [-0.15, -0.1) is 0 Å². The number of anilines is 1. The predicted octanol–water partition coefficient (Wildman–Crippen LogP) is 2.83. The van der Waals surface area contributed by atoms with Crippen LogP contribution in [0.1, 0.15) is 5.56 Å². The zero-order chi connectivity index (χ0) is 15.6. The van der Waals surface area contributed by atoms with E-state index in [1.165, 1.54) is 18.2 Å². The van der Waals surface area contributed by atoms with Crippen LogP contribution >= 0.6 is 22.6 Å². The van der Waals surface area contributed by atoms with E-state index in [0.29, 0.717) is 9.13 Å². The van der Waals surface area contributed by atoms with Crippen LogP contribution in [0.4, 0.5) is 14.5 Å². The van der Waals surface area contributed by atoms with Gasteiger partial charge in [-0.3, -0.25) is 4.72 Å². The van der Waals surface area contributed by atoms with Gasteiger partial charge in [-0.25, -0.2) is 17.2 Å². The molecule has 0 saturated carbocycles. The van der Waals surface area contributed by atoms with E-state index < -0.39 is 21.7 Å². The largest absolute Gasteiger partial charge is 0.326 e. The van der Waals surface area contributed by atoms with Crippen LogP contribution in [0.3, 0.4) is 0 Å². The molecule has 0 amide bonds. The fraction of sp³-hybridized carbons (Fsp3) is 0.0769. The van der Waals surface area contributed by atoms with Crippen LogP contribution in [0.5, 0.6) is 0 Å². The second-order valence-corrected chi connectivity index (χ2v) is 7.00. The maximum atomic E-state index is 13.3. The summed E-state index contributed by atoms with van der Waals surface area (Å²) in [6.07, 6.45) is 0. The van der Waals surface area contributed by atoms with Gasteiger partial charge in [0.25, 0.3) is 10.0 Å². The average molecular weight is 424 g/mol. The molecule has 0 fully saturated rings. The molecule has 4 nitrogen and oxygen atoms in total. The molecule has 0 saturated heterocycles. The van der Waals surface area contributed by atoms with Gasteiger partial charge in [-0.2, -0.15) is 0 Å². The van der Waals surface area contributed by atoms with Gasteiger partial charge in [-0.1, -0.05) is 6.07 Å². The predicted molar refractivity (Wildman–Crippen MR) is 84.2 cm³/mol. The van der Waals surface area contributed by atoms with E-state index in [0.717, 1.165) is 18.2 Å². The lowest BCUT2D eigenvalue weighted by atomic mass is 10.2. The highest BCUT2D eigenvalue weighted by molar-refractivity contribution is 14.1. The Labute approximate surface area is 134 Å². The van der Waals surface area contributed by atoms with Crippen molar-refractivity contribution in [2.24, 2.45) is 5.73 Å². The minimum absolute atomic E-state index is 0.0446. The number of benzene rings is 2. The Morgan fingerprint density at radius 2 is 1.71 bits per heavy atom. The van der Waals surface area contributed by atoms with Gasteiger partial charge in [0.1, 0.15) is 11.6 Å². The lowest BCUT2D eigenvalue weighted by Crippen LogP contribution is -2.17. The number of hydrogen-bond donors (Lipinski definition) is 2. The maximum Gasteiger partial charge on any atom is 0.262 e. The van der Waals surface area contributed by atoms with Gasteiger partial charge in [-0.05, 0) is 58.5 Å². The molecule has 2 rings (SSSR count). The third kappa shape index (κ3) is 3.69. The van der Waals surface area contributed by atoms with Crippen LogP contribution in [-0.4, -0.2) is 8.42 Å². The Kier molecular flexibility index (Phi) is 4.79. The molecule has 21 heavy (non-hydrogen) atoms. The molecule has 8 heteroatoms. The minimum Gasteiger partial charge on any atom is -0.326 e. The third-order valence-corrected chi connectivity index (χ3v) is 5.05. The Bertz CT molecular complexity index is 782. The standard InChI is InChI=1S/C13H11F2IN2O2S/c14-9-3-4-12(11(16)5-9)18-21(19,20)13-6-10(15)2-1-8(13)7-17/h1-6,18H,7,17H2. The number of halogens is 3. The van der Waals surface area contributed by atoms with E-state index >= 15 is 0 Å². The van der Waals surface area contributed by atoms with Crippen LogP contribution in [-0.2, 0) is 16.6 Å². The zero-order valence-corrected chi connectivity index (χ0v) is 13.6. The normalized spacial score (nSPS) is 11.4. The number of hydrogen-bond acceptors (Lipinski definition) is 3. The Hall–Kier alpha value is -1.26. The van der Waals surface area contributed by atoms with Crippen LogP contribution < -0.4 is 10.5 Å². The number of nitrogens with one attached hydrogen (secondary N) is 1. The molecular weight excluding hydrogens is 413 g/mol. The second kappa shape index (κ2) is 6.24. The van der Waals surface area contributed by atoms with Crippen molar-refractivity contribution in [2.45, 2.75) is 11.4 Å². The summed E-state index contributed by atoms with van der Waals surface area (Å²) in [5, 5.41) is 0. The highest BCUT2D eigenvalue weighted by Crippen LogP contribution is 2.24. The van der Waals surface area contributed by atoms with Crippen LogP contribution in [0.15, 0.2) is 41.3 Å². The molecule has 0 atom stereocenters. The van der Waals surface area contributed by atoms with Gasteiger partial charge < -0.3 is 5.73 Å². The van der Waals surface area contributed by atoms with Crippen molar-refractivity contribution in [2.75, 3.05) is 4.72 Å². The van der Waals surface area contributed by atoms with Crippen LogP contribution in [0.25, 0.3) is 0 Å². The van der Waals surface area contributed by atoms with E-state index in [4.69, 9.17) is 5.73 Å². The monoisotopic (exact) mass is 424 g/mol. The van der Waals surface area contributed by atoms with E-state index in [2.05, 4.69) is 4.72 Å². The highest BCUT2D eigenvalue weighted by atomic mass is 127. The number of nitrogens with two attached hydrogens (primary N) is 1. The molecule has 0 aliphatic carbocycles. The Balaban J connectivity index is 2.45. The lowest BCUT2D eigenvalue weighted by Gasteiger charge is -2.12. The van der Waals surface area contributed by atoms with E-state index in [-0.39, 0.29) is 17.1 Å². The topological polar surface area (TPSA) is 72.2 Å². The summed E-state index contributed by atoms with van der Waals surface area (Å²) in [5.41, 5.74) is 5.98. The van der Waals surface area contributed by atoms with Gasteiger partial charge >= 0.3 is 0 Å². The first kappa shape index (κ1) is 16.1. The molecule has 3 N–H and O–H groups in total. The van der Waals surface area contributed by atoms with E-state index in [1.54, 1.807) is 22.6 Å². The minimum atomic E-state index is -4.01. The molecule has 0 heterocycles. The fourth-order valence-corrected chi connectivity index (χ4v) is 3.86. The first-order valence-electron chi connectivity index (χ1n) is 5.80. The number of sulfonamides is 1. The Morgan fingerprint density at radius 1 is 1.10 bits per heavy atom. The quantitative estimate of drug-likeness (QED) is 0.742. The first-order valence-corrected chi connectivity index (χ1v) is 8.36. The van der Waals surface area contributed by atoms with Gasteiger partial charge in [0, 0.05) is 10.1 Å². The summed E-state index contributed by atoms with van der Waals surface area (Å²) in [4.78, 5) is -0.231. The van der Waals surface area contributed by atoms with Gasteiger partial charge in [0.2, 0.25) is 0 Å². The molecule has 112 valence electrons. The van der Waals surface area contributed by atoms with E-state index in [1.807, 2.05) is 0 Å². The summed E-state index contributed by atoms with van der Waals surface area (Å²) in [6.45, 7) is -0.0446. The molecule has 2 aromatic rings. The van der Waals surface area contributed by atoms with Crippen molar-refractivity contribution >= 4 is 38.3 Å². The van der Waals surface area contributed by atoms with Crippen molar-refractivity contribution in [1.82, 2.24) is 0 Å². The smallest absolute Gasteiger partial charge is 0.262 e. The molecule has 0 aliphatic heterocycles.